The van der Waals surface area contributed by atoms with Crippen molar-refractivity contribution >= 4 is 6.09 Å². The predicted octanol–water partition coefficient (Wildman–Crippen LogP) is 1.66. The highest BCUT2D eigenvalue weighted by atomic mass is 16.5. The first-order valence-electron chi connectivity index (χ1n) is 4.21. The van der Waals surface area contributed by atoms with E-state index >= 15 is 0 Å². The fraction of sp³-hybridized carbons (Fsp3) is 0.875. The van der Waals surface area contributed by atoms with Gasteiger partial charge in [0.05, 0.1) is 6.61 Å². The Bertz CT molecular complexity index is 132. The number of rotatable bonds is 4. The van der Waals surface area contributed by atoms with Crippen molar-refractivity contribution in [3.05, 3.63) is 0 Å². The fourth-order valence-corrected chi connectivity index (χ4v) is 1.33. The zero-order valence-corrected chi connectivity index (χ0v) is 6.71. The lowest BCUT2D eigenvalue weighted by Crippen LogP contribution is -2.16. The Hall–Kier alpha value is -0.730. The van der Waals surface area contributed by atoms with Crippen LogP contribution in [-0.2, 0) is 4.74 Å². The van der Waals surface area contributed by atoms with Crippen LogP contribution < -0.4 is 5.73 Å². The summed E-state index contributed by atoms with van der Waals surface area (Å²) in [6, 6.07) is 0. The van der Waals surface area contributed by atoms with Crippen LogP contribution in [0.5, 0.6) is 0 Å². The van der Waals surface area contributed by atoms with Crippen molar-refractivity contribution in [2.75, 3.05) is 6.61 Å². The van der Waals surface area contributed by atoms with E-state index in [-0.39, 0.29) is 0 Å². The number of carbonyl (C=O) groups is 1. The lowest BCUT2D eigenvalue weighted by atomic mass is 9.82. The molecule has 1 fully saturated rings. The highest BCUT2D eigenvalue weighted by Gasteiger charge is 2.16. The summed E-state index contributed by atoms with van der Waals surface area (Å²) in [4.78, 5) is 10.1. The minimum Gasteiger partial charge on any atom is -0.450 e. The minimum absolute atomic E-state index is 0.492. The lowest BCUT2D eigenvalue weighted by Gasteiger charge is -2.24. The molecule has 1 aliphatic carbocycles. The summed E-state index contributed by atoms with van der Waals surface area (Å²) in [5.41, 5.74) is 4.79. The summed E-state index contributed by atoms with van der Waals surface area (Å²) >= 11 is 0. The third kappa shape index (κ3) is 3.25. The van der Waals surface area contributed by atoms with Gasteiger partial charge in [-0.05, 0) is 18.8 Å². The molecule has 3 nitrogen and oxygen atoms in total. The van der Waals surface area contributed by atoms with Crippen molar-refractivity contribution in [2.24, 2.45) is 11.7 Å². The summed E-state index contributed by atoms with van der Waals surface area (Å²) < 4.78 is 4.60. The molecule has 64 valence electrons. The van der Waals surface area contributed by atoms with Gasteiger partial charge >= 0.3 is 6.09 Å². The molecule has 0 aromatic rings. The fourth-order valence-electron chi connectivity index (χ4n) is 1.33. The first kappa shape index (κ1) is 8.37. The summed E-state index contributed by atoms with van der Waals surface area (Å²) in [6.45, 7) is 0.492. The first-order chi connectivity index (χ1) is 5.29. The van der Waals surface area contributed by atoms with Crippen LogP contribution in [0.1, 0.15) is 32.1 Å². The van der Waals surface area contributed by atoms with E-state index in [0.717, 1.165) is 12.3 Å². The van der Waals surface area contributed by atoms with Crippen molar-refractivity contribution in [2.45, 2.75) is 32.1 Å². The monoisotopic (exact) mass is 157 g/mol. The van der Waals surface area contributed by atoms with Crippen LogP contribution in [0.3, 0.4) is 0 Å². The number of nitrogens with two attached hydrogens (primary N) is 1. The largest absolute Gasteiger partial charge is 0.450 e. The van der Waals surface area contributed by atoms with Crippen molar-refractivity contribution < 1.29 is 9.53 Å². The number of amides is 1. The number of carbonyl (C=O) groups excluding carboxylic acids is 1. The van der Waals surface area contributed by atoms with E-state index in [2.05, 4.69) is 4.74 Å². The molecule has 11 heavy (non-hydrogen) atoms. The van der Waals surface area contributed by atoms with Crippen molar-refractivity contribution in [1.82, 2.24) is 0 Å². The molecule has 0 aromatic heterocycles. The normalized spacial score (nSPS) is 17.5. The number of hydrogen-bond acceptors (Lipinski definition) is 2. The van der Waals surface area contributed by atoms with Gasteiger partial charge in [-0.2, -0.15) is 0 Å². The average molecular weight is 157 g/mol. The van der Waals surface area contributed by atoms with Gasteiger partial charge in [-0.3, -0.25) is 0 Å². The van der Waals surface area contributed by atoms with E-state index < -0.39 is 6.09 Å². The smallest absolute Gasteiger partial charge is 0.404 e. The number of ether oxygens (including phenoxy) is 1. The molecule has 0 heterocycles. The predicted molar refractivity (Wildman–Crippen MR) is 42.1 cm³/mol. The molecule has 0 saturated heterocycles. The Balaban J connectivity index is 1.83. The summed E-state index contributed by atoms with van der Waals surface area (Å²) in [7, 11) is 0. The second kappa shape index (κ2) is 4.21. The van der Waals surface area contributed by atoms with Gasteiger partial charge in [0.2, 0.25) is 0 Å². The van der Waals surface area contributed by atoms with Gasteiger partial charge in [0, 0.05) is 0 Å². The Morgan fingerprint density at radius 1 is 1.55 bits per heavy atom. The third-order valence-corrected chi connectivity index (χ3v) is 2.23. The third-order valence-electron chi connectivity index (χ3n) is 2.23. The van der Waals surface area contributed by atoms with Gasteiger partial charge in [-0.15, -0.1) is 0 Å². The molecule has 0 radical (unpaired) electrons. The Morgan fingerprint density at radius 3 is 2.73 bits per heavy atom. The first-order valence-corrected chi connectivity index (χ1v) is 4.21. The minimum atomic E-state index is -0.654. The quantitative estimate of drug-likeness (QED) is 0.631. The SMILES string of the molecule is NC(=O)OCCCC1CCC1. The zero-order chi connectivity index (χ0) is 8.10. The lowest BCUT2D eigenvalue weighted by molar-refractivity contribution is 0.149. The van der Waals surface area contributed by atoms with Crippen molar-refractivity contribution in [3.63, 3.8) is 0 Å². The van der Waals surface area contributed by atoms with E-state index in [1.807, 2.05) is 0 Å². The standard InChI is InChI=1S/C8H15NO2/c9-8(10)11-6-2-5-7-3-1-4-7/h7H,1-6H2,(H2,9,10). The molecule has 0 atom stereocenters. The molecular weight excluding hydrogens is 142 g/mol. The highest BCUT2D eigenvalue weighted by Crippen LogP contribution is 2.30. The van der Waals surface area contributed by atoms with E-state index in [0.29, 0.717) is 6.61 Å². The highest BCUT2D eigenvalue weighted by molar-refractivity contribution is 5.64. The molecule has 2 N–H and O–H groups in total. The van der Waals surface area contributed by atoms with Gasteiger partial charge in [0.25, 0.3) is 0 Å². The summed E-state index contributed by atoms with van der Waals surface area (Å²) in [6.07, 6.45) is 5.59. The number of hydrogen-bond donors (Lipinski definition) is 1. The maximum Gasteiger partial charge on any atom is 0.404 e. The van der Waals surface area contributed by atoms with Crippen molar-refractivity contribution in [3.8, 4) is 0 Å². The molecule has 0 bridgehead atoms. The second-order valence-electron chi connectivity index (χ2n) is 3.11. The van der Waals surface area contributed by atoms with Gasteiger partial charge in [0.15, 0.2) is 0 Å². The van der Waals surface area contributed by atoms with Crippen LogP contribution in [0.2, 0.25) is 0 Å². The molecule has 1 saturated carbocycles. The van der Waals surface area contributed by atoms with E-state index in [1.54, 1.807) is 0 Å². The van der Waals surface area contributed by atoms with Crippen LogP contribution in [0, 0.1) is 5.92 Å². The second-order valence-corrected chi connectivity index (χ2v) is 3.11. The molecule has 0 aliphatic heterocycles. The van der Waals surface area contributed by atoms with Crippen LogP contribution in [0.25, 0.3) is 0 Å². The maximum atomic E-state index is 10.1. The van der Waals surface area contributed by atoms with Gasteiger partial charge < -0.3 is 10.5 Å². The zero-order valence-electron chi connectivity index (χ0n) is 6.71. The molecular formula is C8H15NO2. The van der Waals surface area contributed by atoms with Crippen molar-refractivity contribution in [1.29, 1.82) is 0 Å². The molecule has 0 unspecified atom stereocenters. The Morgan fingerprint density at radius 2 is 2.27 bits per heavy atom. The van der Waals surface area contributed by atoms with Crippen LogP contribution in [0.15, 0.2) is 0 Å². The maximum absolute atomic E-state index is 10.1. The van der Waals surface area contributed by atoms with Crippen LogP contribution in [-0.4, -0.2) is 12.7 Å². The Kier molecular flexibility index (Phi) is 3.20. The topological polar surface area (TPSA) is 52.3 Å². The summed E-state index contributed by atoms with van der Waals surface area (Å²) in [5.74, 6) is 0.895. The molecule has 1 aliphatic rings. The van der Waals surface area contributed by atoms with E-state index in [9.17, 15) is 4.79 Å². The van der Waals surface area contributed by atoms with E-state index in [4.69, 9.17) is 5.73 Å². The molecule has 1 amide bonds. The Labute approximate surface area is 66.9 Å². The summed E-state index contributed by atoms with van der Waals surface area (Å²) in [5, 5.41) is 0. The van der Waals surface area contributed by atoms with Gasteiger partial charge in [-0.1, -0.05) is 19.3 Å². The van der Waals surface area contributed by atoms with E-state index in [1.165, 1.54) is 25.7 Å². The van der Waals surface area contributed by atoms with Gasteiger partial charge in [0.1, 0.15) is 0 Å². The molecule has 0 spiro atoms. The molecule has 0 aromatic carbocycles. The number of primary amides is 1. The van der Waals surface area contributed by atoms with Gasteiger partial charge in [-0.25, -0.2) is 4.79 Å². The van der Waals surface area contributed by atoms with Crippen LogP contribution in [0.4, 0.5) is 4.79 Å². The van der Waals surface area contributed by atoms with Crippen LogP contribution >= 0.6 is 0 Å². The molecule has 1 rings (SSSR count). The average Bonchev–Trinajstić information content (AvgIpc) is 1.82. The molecule has 3 heteroatoms.